The fourth-order valence-corrected chi connectivity index (χ4v) is 2.70. The number of benzene rings is 1. The van der Waals surface area contributed by atoms with Gasteiger partial charge in [0.1, 0.15) is 0 Å². The van der Waals surface area contributed by atoms with Crippen LogP contribution < -0.4 is 10.2 Å². The lowest BCUT2D eigenvalue weighted by atomic mass is 10.1. The standard InChI is InChI=1S/C17H29BrN2O/c1-5-14(3)13-20(6-2)16-8-7-15(17(18)11-16)12-19-9-10-21-4/h7-8,11,14,19H,5-6,9-10,12-13H2,1-4H3. The summed E-state index contributed by atoms with van der Waals surface area (Å²) in [6.45, 7) is 11.4. The van der Waals surface area contributed by atoms with Crippen LogP contribution in [0.2, 0.25) is 0 Å². The van der Waals surface area contributed by atoms with Gasteiger partial charge in [-0.25, -0.2) is 0 Å². The largest absolute Gasteiger partial charge is 0.383 e. The molecule has 0 heterocycles. The molecule has 0 spiro atoms. The Labute approximate surface area is 138 Å². The molecule has 0 aliphatic rings. The van der Waals surface area contributed by atoms with Crippen molar-refractivity contribution in [2.24, 2.45) is 5.92 Å². The molecule has 1 N–H and O–H groups in total. The van der Waals surface area contributed by atoms with E-state index in [1.165, 1.54) is 22.1 Å². The molecule has 1 aromatic carbocycles. The Bertz CT molecular complexity index is 412. The average molecular weight is 357 g/mol. The monoisotopic (exact) mass is 356 g/mol. The highest BCUT2D eigenvalue weighted by Gasteiger charge is 2.10. The highest BCUT2D eigenvalue weighted by Crippen LogP contribution is 2.25. The molecule has 0 aliphatic carbocycles. The predicted octanol–water partition coefficient (Wildman–Crippen LogP) is 4.06. The van der Waals surface area contributed by atoms with E-state index in [0.29, 0.717) is 0 Å². The Kier molecular flexibility index (Phi) is 8.97. The number of hydrogen-bond acceptors (Lipinski definition) is 3. The minimum atomic E-state index is 0.721. The third kappa shape index (κ3) is 6.37. The van der Waals surface area contributed by atoms with E-state index in [-0.39, 0.29) is 0 Å². The van der Waals surface area contributed by atoms with Crippen LogP contribution in [0.5, 0.6) is 0 Å². The van der Waals surface area contributed by atoms with Crippen molar-refractivity contribution in [2.45, 2.75) is 33.7 Å². The van der Waals surface area contributed by atoms with E-state index in [1.807, 2.05) is 0 Å². The van der Waals surface area contributed by atoms with Crippen LogP contribution >= 0.6 is 15.9 Å². The van der Waals surface area contributed by atoms with Crippen molar-refractivity contribution >= 4 is 21.6 Å². The fraction of sp³-hybridized carbons (Fsp3) is 0.647. The van der Waals surface area contributed by atoms with Crippen LogP contribution in [-0.2, 0) is 11.3 Å². The highest BCUT2D eigenvalue weighted by molar-refractivity contribution is 9.10. The molecule has 1 aromatic rings. The molecule has 3 nitrogen and oxygen atoms in total. The maximum atomic E-state index is 5.04. The first kappa shape index (κ1) is 18.5. The third-order valence-corrected chi connectivity index (χ3v) is 4.55. The number of anilines is 1. The molecule has 0 saturated carbocycles. The van der Waals surface area contributed by atoms with E-state index in [1.54, 1.807) is 7.11 Å². The van der Waals surface area contributed by atoms with Crippen LogP contribution in [0, 0.1) is 5.92 Å². The highest BCUT2D eigenvalue weighted by atomic mass is 79.9. The van der Waals surface area contributed by atoms with Crippen molar-refractivity contribution in [2.75, 3.05) is 38.3 Å². The molecule has 4 heteroatoms. The minimum absolute atomic E-state index is 0.721. The summed E-state index contributed by atoms with van der Waals surface area (Å²) in [6, 6.07) is 6.67. The van der Waals surface area contributed by atoms with Crippen LogP contribution in [0.4, 0.5) is 5.69 Å². The van der Waals surface area contributed by atoms with Crippen molar-refractivity contribution in [3.63, 3.8) is 0 Å². The Balaban J connectivity index is 2.66. The third-order valence-electron chi connectivity index (χ3n) is 3.81. The SMILES string of the molecule is CCC(C)CN(CC)c1ccc(CNCCOC)c(Br)c1. The molecule has 0 saturated heterocycles. The molecular formula is C17H29BrN2O. The summed E-state index contributed by atoms with van der Waals surface area (Å²) in [7, 11) is 1.73. The van der Waals surface area contributed by atoms with E-state index in [9.17, 15) is 0 Å². The molecule has 0 amide bonds. The van der Waals surface area contributed by atoms with Gasteiger partial charge in [-0.05, 0) is 30.5 Å². The second-order valence-corrected chi connectivity index (χ2v) is 6.35. The van der Waals surface area contributed by atoms with Crippen LogP contribution in [0.15, 0.2) is 22.7 Å². The van der Waals surface area contributed by atoms with E-state index < -0.39 is 0 Å². The summed E-state index contributed by atoms with van der Waals surface area (Å²) in [4.78, 5) is 2.45. The second kappa shape index (κ2) is 10.2. The summed E-state index contributed by atoms with van der Waals surface area (Å²) in [6.07, 6.45) is 1.22. The zero-order chi connectivity index (χ0) is 15.7. The molecule has 0 aromatic heterocycles. The summed E-state index contributed by atoms with van der Waals surface area (Å²) in [5.41, 5.74) is 2.58. The maximum absolute atomic E-state index is 5.04. The number of nitrogens with zero attached hydrogens (tertiary/aromatic N) is 1. The zero-order valence-electron chi connectivity index (χ0n) is 13.8. The molecule has 21 heavy (non-hydrogen) atoms. The smallest absolute Gasteiger partial charge is 0.0587 e. The summed E-state index contributed by atoms with van der Waals surface area (Å²) < 4.78 is 6.22. The number of ether oxygens (including phenoxy) is 1. The maximum Gasteiger partial charge on any atom is 0.0587 e. The molecule has 0 bridgehead atoms. The number of hydrogen-bond donors (Lipinski definition) is 1. The summed E-state index contributed by atoms with van der Waals surface area (Å²) >= 11 is 3.70. The molecule has 1 unspecified atom stereocenters. The van der Waals surface area contributed by atoms with Crippen molar-refractivity contribution in [1.82, 2.24) is 5.32 Å². The van der Waals surface area contributed by atoms with Gasteiger partial charge in [-0.2, -0.15) is 0 Å². The van der Waals surface area contributed by atoms with Crippen molar-refractivity contribution in [3.8, 4) is 0 Å². The van der Waals surface area contributed by atoms with E-state index in [0.717, 1.165) is 38.7 Å². The zero-order valence-corrected chi connectivity index (χ0v) is 15.4. The lowest BCUT2D eigenvalue weighted by Gasteiger charge is -2.26. The quantitative estimate of drug-likeness (QED) is 0.639. The Morgan fingerprint density at radius 3 is 2.67 bits per heavy atom. The van der Waals surface area contributed by atoms with Gasteiger partial charge in [-0.3, -0.25) is 0 Å². The van der Waals surface area contributed by atoms with Crippen LogP contribution in [0.1, 0.15) is 32.8 Å². The summed E-state index contributed by atoms with van der Waals surface area (Å²) in [5, 5.41) is 3.38. The van der Waals surface area contributed by atoms with Gasteiger partial charge >= 0.3 is 0 Å². The molecule has 0 fully saturated rings. The summed E-state index contributed by atoms with van der Waals surface area (Å²) in [5.74, 6) is 0.721. The van der Waals surface area contributed by atoms with Gasteiger partial charge < -0.3 is 15.0 Å². The topological polar surface area (TPSA) is 24.5 Å². The molecule has 0 aliphatic heterocycles. The fourth-order valence-electron chi connectivity index (χ4n) is 2.20. The van der Waals surface area contributed by atoms with Crippen molar-refractivity contribution in [3.05, 3.63) is 28.2 Å². The molecule has 120 valence electrons. The minimum Gasteiger partial charge on any atom is -0.383 e. The first-order valence-corrected chi connectivity index (χ1v) is 8.64. The van der Waals surface area contributed by atoms with Crippen molar-refractivity contribution < 1.29 is 4.74 Å². The lowest BCUT2D eigenvalue weighted by molar-refractivity contribution is 0.199. The molecular weight excluding hydrogens is 328 g/mol. The van der Waals surface area contributed by atoms with Crippen molar-refractivity contribution in [1.29, 1.82) is 0 Å². The number of methoxy groups -OCH3 is 1. The number of nitrogens with one attached hydrogen (secondary N) is 1. The van der Waals surface area contributed by atoms with Gasteiger partial charge in [0.15, 0.2) is 0 Å². The number of halogens is 1. The van der Waals surface area contributed by atoms with Crippen LogP contribution in [0.25, 0.3) is 0 Å². The normalized spacial score (nSPS) is 12.4. The second-order valence-electron chi connectivity index (χ2n) is 5.50. The Morgan fingerprint density at radius 2 is 2.10 bits per heavy atom. The van der Waals surface area contributed by atoms with Gasteiger partial charge in [0.2, 0.25) is 0 Å². The lowest BCUT2D eigenvalue weighted by Crippen LogP contribution is -2.28. The van der Waals surface area contributed by atoms with Gasteiger partial charge in [0.05, 0.1) is 6.61 Å². The van der Waals surface area contributed by atoms with E-state index in [2.05, 4.69) is 65.1 Å². The first-order chi connectivity index (χ1) is 10.1. The van der Waals surface area contributed by atoms with Gasteiger partial charge in [0.25, 0.3) is 0 Å². The first-order valence-electron chi connectivity index (χ1n) is 7.85. The number of rotatable bonds is 10. The molecule has 1 atom stereocenters. The van der Waals surface area contributed by atoms with Gasteiger partial charge in [-0.15, -0.1) is 0 Å². The van der Waals surface area contributed by atoms with E-state index in [4.69, 9.17) is 4.74 Å². The van der Waals surface area contributed by atoms with Gasteiger partial charge in [0, 0.05) is 43.4 Å². The molecule has 0 radical (unpaired) electrons. The average Bonchev–Trinajstić information content (AvgIpc) is 2.50. The Morgan fingerprint density at radius 1 is 1.33 bits per heavy atom. The van der Waals surface area contributed by atoms with Crippen LogP contribution in [0.3, 0.4) is 0 Å². The molecule has 1 rings (SSSR count). The Hall–Kier alpha value is -0.580. The van der Waals surface area contributed by atoms with E-state index >= 15 is 0 Å². The van der Waals surface area contributed by atoms with Gasteiger partial charge in [-0.1, -0.05) is 42.3 Å². The van der Waals surface area contributed by atoms with Crippen LogP contribution in [-0.4, -0.2) is 33.4 Å². The predicted molar refractivity (Wildman–Crippen MR) is 95.1 cm³/mol.